The molecule has 4 aliphatic carbocycles. The molecule has 29 heavy (non-hydrogen) atoms. The summed E-state index contributed by atoms with van der Waals surface area (Å²) >= 11 is 1.63. The van der Waals surface area contributed by atoms with Gasteiger partial charge in [0.15, 0.2) is 6.61 Å². The van der Waals surface area contributed by atoms with Crippen LogP contribution in [-0.4, -0.2) is 30.3 Å². The molecule has 0 aromatic heterocycles. The van der Waals surface area contributed by atoms with Gasteiger partial charge in [-0.15, -0.1) is 11.8 Å². The van der Waals surface area contributed by atoms with Crippen LogP contribution in [0.15, 0.2) is 29.2 Å². The molecule has 1 aromatic rings. The molecule has 5 rings (SSSR count). The van der Waals surface area contributed by atoms with Crippen molar-refractivity contribution in [1.82, 2.24) is 5.32 Å². The quantitative estimate of drug-likeness (QED) is 0.492. The van der Waals surface area contributed by atoms with Gasteiger partial charge in [0.05, 0.1) is 6.42 Å². The third kappa shape index (κ3) is 4.99. The molecule has 4 aliphatic rings. The molecule has 4 nitrogen and oxygen atoms in total. The highest BCUT2D eigenvalue weighted by Gasteiger charge is 2.53. The Kier molecular flexibility index (Phi) is 6.24. The summed E-state index contributed by atoms with van der Waals surface area (Å²) in [6, 6.07) is 8.42. The standard InChI is InChI=1S/C24H33NO3S/c1-16-3-5-21(6-4-16)29-8-7-23(27)28-15-22(26)25-17(2)24-12-18-9-19(13-24)11-20(10-18)14-24/h3-6,17-20H,7-15H2,1-2H3,(H,25,26)/t17-,18?,19?,20?,24?/m1/s1. The van der Waals surface area contributed by atoms with Crippen molar-refractivity contribution in [3.8, 4) is 0 Å². The molecule has 0 saturated heterocycles. The van der Waals surface area contributed by atoms with Crippen molar-refractivity contribution < 1.29 is 14.3 Å². The van der Waals surface area contributed by atoms with E-state index in [0.717, 1.165) is 22.6 Å². The first-order valence-corrected chi connectivity index (χ1v) is 12.0. The first-order valence-electron chi connectivity index (χ1n) is 11.1. The van der Waals surface area contributed by atoms with Crippen molar-refractivity contribution in [3.05, 3.63) is 29.8 Å². The number of ether oxygens (including phenoxy) is 1. The third-order valence-electron chi connectivity index (χ3n) is 7.34. The van der Waals surface area contributed by atoms with Crippen LogP contribution in [0.3, 0.4) is 0 Å². The normalized spacial score (nSPS) is 30.8. The van der Waals surface area contributed by atoms with Gasteiger partial charge in [-0.25, -0.2) is 0 Å². The summed E-state index contributed by atoms with van der Waals surface area (Å²) in [7, 11) is 0. The summed E-state index contributed by atoms with van der Waals surface area (Å²) < 4.78 is 5.22. The molecule has 158 valence electrons. The molecule has 0 radical (unpaired) electrons. The van der Waals surface area contributed by atoms with E-state index in [9.17, 15) is 9.59 Å². The lowest BCUT2D eigenvalue weighted by molar-refractivity contribution is -0.149. The van der Waals surface area contributed by atoms with E-state index < -0.39 is 0 Å². The lowest BCUT2D eigenvalue weighted by Crippen LogP contribution is -2.56. The van der Waals surface area contributed by atoms with Crippen LogP contribution >= 0.6 is 11.8 Å². The molecule has 0 spiro atoms. The second-order valence-corrected chi connectivity index (χ2v) is 10.8. The third-order valence-corrected chi connectivity index (χ3v) is 8.36. The minimum Gasteiger partial charge on any atom is -0.456 e. The summed E-state index contributed by atoms with van der Waals surface area (Å²) in [4.78, 5) is 25.5. The topological polar surface area (TPSA) is 55.4 Å². The van der Waals surface area contributed by atoms with Gasteiger partial charge in [-0.2, -0.15) is 0 Å². The summed E-state index contributed by atoms with van der Waals surface area (Å²) in [5, 5.41) is 3.16. The van der Waals surface area contributed by atoms with Crippen LogP contribution in [0.4, 0.5) is 0 Å². The molecule has 0 aliphatic heterocycles. The van der Waals surface area contributed by atoms with Gasteiger partial charge in [0.2, 0.25) is 0 Å². The van der Waals surface area contributed by atoms with E-state index in [1.807, 2.05) is 0 Å². The second kappa shape index (κ2) is 8.71. The zero-order chi connectivity index (χ0) is 20.4. The molecule has 1 aromatic carbocycles. The number of amides is 1. The highest BCUT2D eigenvalue weighted by molar-refractivity contribution is 7.99. The van der Waals surface area contributed by atoms with Gasteiger partial charge < -0.3 is 10.1 Å². The van der Waals surface area contributed by atoms with Crippen molar-refractivity contribution in [2.45, 2.75) is 69.7 Å². The number of hydrogen-bond acceptors (Lipinski definition) is 4. The number of rotatable bonds is 8. The Morgan fingerprint density at radius 3 is 2.28 bits per heavy atom. The molecule has 4 saturated carbocycles. The number of nitrogens with one attached hydrogen (secondary N) is 1. The van der Waals surface area contributed by atoms with E-state index in [2.05, 4.69) is 43.4 Å². The van der Waals surface area contributed by atoms with Gasteiger partial charge in [0.1, 0.15) is 0 Å². The first-order chi connectivity index (χ1) is 13.9. The number of carbonyl (C=O) groups excluding carboxylic acids is 2. The van der Waals surface area contributed by atoms with E-state index in [1.54, 1.807) is 11.8 Å². The maximum absolute atomic E-state index is 12.4. The molecule has 5 heteroatoms. The molecule has 0 heterocycles. The van der Waals surface area contributed by atoms with Crippen LogP contribution in [0.2, 0.25) is 0 Å². The Bertz CT molecular complexity index is 710. The van der Waals surface area contributed by atoms with Gasteiger partial charge in [-0.3, -0.25) is 9.59 Å². The highest BCUT2D eigenvalue weighted by Crippen LogP contribution is 2.61. The van der Waals surface area contributed by atoms with E-state index in [-0.39, 0.29) is 29.9 Å². The zero-order valence-corrected chi connectivity index (χ0v) is 18.4. The fourth-order valence-electron chi connectivity index (χ4n) is 6.25. The number of carbonyl (C=O) groups is 2. The van der Waals surface area contributed by atoms with E-state index in [0.29, 0.717) is 12.2 Å². The van der Waals surface area contributed by atoms with Crippen LogP contribution in [0.1, 0.15) is 57.4 Å². The molecule has 4 bridgehead atoms. The lowest BCUT2D eigenvalue weighted by atomic mass is 9.48. The van der Waals surface area contributed by atoms with Crippen molar-refractivity contribution in [2.75, 3.05) is 12.4 Å². The predicted molar refractivity (Wildman–Crippen MR) is 116 cm³/mol. The predicted octanol–water partition coefficient (Wildman–Crippen LogP) is 4.74. The number of aryl methyl sites for hydroxylation is 1. The maximum atomic E-state index is 12.4. The average Bonchev–Trinajstić information content (AvgIpc) is 2.67. The zero-order valence-electron chi connectivity index (χ0n) is 17.6. The molecular weight excluding hydrogens is 382 g/mol. The molecule has 1 amide bonds. The Balaban J connectivity index is 1.17. The first kappa shape index (κ1) is 20.8. The number of esters is 1. The summed E-state index contributed by atoms with van der Waals surface area (Å²) in [5.41, 5.74) is 1.50. The number of hydrogen-bond donors (Lipinski definition) is 1. The minimum absolute atomic E-state index is 0.159. The lowest BCUT2D eigenvalue weighted by Gasteiger charge is -2.59. The SMILES string of the molecule is Cc1ccc(SCCC(=O)OCC(=O)N[C@H](C)C23CC4CC(CC(C4)C2)C3)cc1. The Labute approximate surface area is 178 Å². The largest absolute Gasteiger partial charge is 0.456 e. The van der Waals surface area contributed by atoms with Gasteiger partial charge in [-0.05, 0) is 87.7 Å². The van der Waals surface area contributed by atoms with E-state index in [4.69, 9.17) is 4.74 Å². The van der Waals surface area contributed by atoms with Crippen LogP contribution in [0.5, 0.6) is 0 Å². The Morgan fingerprint density at radius 1 is 1.10 bits per heavy atom. The van der Waals surface area contributed by atoms with Crippen molar-refractivity contribution in [1.29, 1.82) is 0 Å². The van der Waals surface area contributed by atoms with E-state index in [1.165, 1.54) is 44.1 Å². The average molecular weight is 416 g/mol. The van der Waals surface area contributed by atoms with E-state index >= 15 is 0 Å². The van der Waals surface area contributed by atoms with Gasteiger partial charge >= 0.3 is 5.97 Å². The van der Waals surface area contributed by atoms with Crippen molar-refractivity contribution in [3.63, 3.8) is 0 Å². The smallest absolute Gasteiger partial charge is 0.307 e. The minimum atomic E-state index is -0.304. The fourth-order valence-corrected chi connectivity index (χ4v) is 7.08. The van der Waals surface area contributed by atoms with Crippen LogP contribution in [0.25, 0.3) is 0 Å². The van der Waals surface area contributed by atoms with Crippen LogP contribution < -0.4 is 5.32 Å². The van der Waals surface area contributed by atoms with Crippen LogP contribution in [-0.2, 0) is 14.3 Å². The van der Waals surface area contributed by atoms with Crippen molar-refractivity contribution in [2.24, 2.45) is 23.2 Å². The number of thioether (sulfide) groups is 1. The van der Waals surface area contributed by atoms with Crippen molar-refractivity contribution >= 4 is 23.6 Å². The highest BCUT2D eigenvalue weighted by atomic mass is 32.2. The summed E-state index contributed by atoms with van der Waals surface area (Å²) in [6.45, 7) is 4.05. The van der Waals surface area contributed by atoms with Crippen LogP contribution in [0, 0.1) is 30.1 Å². The molecular formula is C24H33NO3S. The summed E-state index contributed by atoms with van der Waals surface area (Å²) in [5.74, 6) is 2.79. The molecule has 0 unspecified atom stereocenters. The fraction of sp³-hybridized carbons (Fsp3) is 0.667. The molecule has 1 N–H and O–H groups in total. The van der Waals surface area contributed by atoms with Gasteiger partial charge in [0.25, 0.3) is 5.91 Å². The summed E-state index contributed by atoms with van der Waals surface area (Å²) in [6.07, 6.45) is 8.30. The second-order valence-electron chi connectivity index (χ2n) is 9.64. The van der Waals surface area contributed by atoms with Gasteiger partial charge in [0, 0.05) is 16.7 Å². The number of benzene rings is 1. The molecule has 4 fully saturated rings. The molecule has 1 atom stereocenters. The monoisotopic (exact) mass is 415 g/mol. The maximum Gasteiger partial charge on any atom is 0.307 e. The Morgan fingerprint density at radius 2 is 1.69 bits per heavy atom. The van der Waals surface area contributed by atoms with Gasteiger partial charge in [-0.1, -0.05) is 17.7 Å². The Hall–Kier alpha value is -1.49.